The summed E-state index contributed by atoms with van der Waals surface area (Å²) in [7, 11) is -3.20. The molecular formula is C18H27ClO3S. The number of halogens is 1. The van der Waals surface area contributed by atoms with E-state index in [0.29, 0.717) is 22.6 Å². The first-order valence-corrected chi connectivity index (χ1v) is 10.6. The first kappa shape index (κ1) is 20.2. The number of benzene rings is 1. The van der Waals surface area contributed by atoms with Gasteiger partial charge < -0.3 is 0 Å². The Kier molecular flexibility index (Phi) is 8.85. The summed E-state index contributed by atoms with van der Waals surface area (Å²) in [5, 5.41) is 0.448. The molecule has 0 atom stereocenters. The quantitative estimate of drug-likeness (QED) is 0.403. The van der Waals surface area contributed by atoms with E-state index in [0.717, 1.165) is 12.8 Å². The Bertz CT molecular complexity index is 609. The van der Waals surface area contributed by atoms with Crippen molar-refractivity contribution in [3.8, 4) is 0 Å². The van der Waals surface area contributed by atoms with Crippen molar-refractivity contribution in [2.45, 2.75) is 64.5 Å². The van der Waals surface area contributed by atoms with E-state index in [1.165, 1.54) is 32.6 Å². The van der Waals surface area contributed by atoms with Crippen molar-refractivity contribution in [3.05, 3.63) is 34.3 Å². The maximum Gasteiger partial charge on any atom is 0.160 e. The zero-order valence-corrected chi connectivity index (χ0v) is 15.7. The minimum absolute atomic E-state index is 0.0884. The van der Waals surface area contributed by atoms with Gasteiger partial charge >= 0.3 is 0 Å². The van der Waals surface area contributed by atoms with Crippen LogP contribution in [0.2, 0.25) is 5.02 Å². The molecule has 0 N–H and O–H groups in total. The first-order valence-electron chi connectivity index (χ1n) is 8.35. The molecule has 5 heteroatoms. The number of carbonyl (C=O) groups is 1. The van der Waals surface area contributed by atoms with Gasteiger partial charge in [0, 0.05) is 10.6 Å². The van der Waals surface area contributed by atoms with Gasteiger partial charge in [-0.05, 0) is 31.0 Å². The molecule has 3 nitrogen and oxygen atoms in total. The van der Waals surface area contributed by atoms with Crippen LogP contribution >= 0.6 is 11.6 Å². The van der Waals surface area contributed by atoms with Crippen molar-refractivity contribution in [1.29, 1.82) is 0 Å². The predicted molar refractivity (Wildman–Crippen MR) is 96.9 cm³/mol. The van der Waals surface area contributed by atoms with Crippen LogP contribution < -0.4 is 0 Å². The second kappa shape index (κ2) is 10.1. The van der Waals surface area contributed by atoms with E-state index in [1.807, 2.05) is 0 Å². The molecule has 0 fully saturated rings. The molecule has 0 radical (unpaired) electrons. The highest BCUT2D eigenvalue weighted by Gasteiger charge is 2.16. The first-order chi connectivity index (χ1) is 10.9. The molecule has 130 valence electrons. The summed E-state index contributed by atoms with van der Waals surface area (Å²) in [5.41, 5.74) is 0.950. The van der Waals surface area contributed by atoms with Crippen LogP contribution in [0, 0.1) is 0 Å². The normalized spacial score (nSPS) is 11.6. The molecule has 0 spiro atoms. The minimum Gasteiger partial charge on any atom is -0.294 e. The smallest absolute Gasteiger partial charge is 0.160 e. The molecule has 0 unspecified atom stereocenters. The molecule has 0 aliphatic heterocycles. The van der Waals surface area contributed by atoms with Crippen LogP contribution in [0.4, 0.5) is 0 Å². The fourth-order valence-electron chi connectivity index (χ4n) is 2.59. The Morgan fingerprint density at radius 3 is 2.26 bits per heavy atom. The van der Waals surface area contributed by atoms with Crippen molar-refractivity contribution < 1.29 is 13.2 Å². The van der Waals surface area contributed by atoms with Crippen LogP contribution in [0.25, 0.3) is 0 Å². The Hall–Kier alpha value is -0.870. The number of sulfone groups is 1. The van der Waals surface area contributed by atoms with Crippen molar-refractivity contribution in [3.63, 3.8) is 0 Å². The van der Waals surface area contributed by atoms with E-state index >= 15 is 0 Å². The van der Waals surface area contributed by atoms with Crippen LogP contribution in [0.3, 0.4) is 0 Å². The van der Waals surface area contributed by atoms with Crippen LogP contribution in [0.5, 0.6) is 0 Å². The van der Waals surface area contributed by atoms with E-state index in [-0.39, 0.29) is 17.3 Å². The van der Waals surface area contributed by atoms with E-state index in [9.17, 15) is 13.2 Å². The maximum atomic E-state index is 12.3. The summed E-state index contributed by atoms with van der Waals surface area (Å²) < 4.78 is 24.5. The molecular weight excluding hydrogens is 332 g/mol. The monoisotopic (exact) mass is 358 g/mol. The van der Waals surface area contributed by atoms with Gasteiger partial charge in [0.05, 0.1) is 11.5 Å². The van der Waals surface area contributed by atoms with Gasteiger partial charge in [-0.15, -0.1) is 0 Å². The molecule has 1 aromatic carbocycles. The third-order valence-corrected chi connectivity index (χ3v) is 5.78. The fraction of sp³-hybridized carbons (Fsp3) is 0.611. The molecule has 1 rings (SSSR count). The summed E-state index contributed by atoms with van der Waals surface area (Å²) >= 11 is 5.88. The average Bonchev–Trinajstić information content (AvgIpc) is 2.47. The summed E-state index contributed by atoms with van der Waals surface area (Å²) in [6.07, 6.45) is 7.61. The maximum absolute atomic E-state index is 12.3. The van der Waals surface area contributed by atoms with Gasteiger partial charge in [0.25, 0.3) is 0 Å². The van der Waals surface area contributed by atoms with E-state index in [1.54, 1.807) is 18.2 Å². The third-order valence-electron chi connectivity index (χ3n) is 3.89. The Morgan fingerprint density at radius 2 is 1.65 bits per heavy atom. The van der Waals surface area contributed by atoms with Gasteiger partial charge in [-0.2, -0.15) is 0 Å². The zero-order valence-electron chi connectivity index (χ0n) is 14.1. The molecule has 0 saturated carbocycles. The largest absolute Gasteiger partial charge is 0.294 e. The number of hydrogen-bond acceptors (Lipinski definition) is 3. The van der Waals surface area contributed by atoms with E-state index in [4.69, 9.17) is 11.6 Å². The molecule has 0 aromatic heterocycles. The fourth-order valence-corrected chi connectivity index (χ4v) is 4.28. The van der Waals surface area contributed by atoms with Crippen LogP contribution in [-0.2, 0) is 15.6 Å². The van der Waals surface area contributed by atoms with Gasteiger partial charge in [-0.25, -0.2) is 8.42 Å². The highest BCUT2D eigenvalue weighted by atomic mass is 35.5. The lowest BCUT2D eigenvalue weighted by atomic mass is 10.1. The molecule has 0 heterocycles. The predicted octanol–water partition coefficient (Wildman–Crippen LogP) is 5.21. The van der Waals surface area contributed by atoms with Gasteiger partial charge in [0.1, 0.15) is 0 Å². The van der Waals surface area contributed by atoms with Gasteiger partial charge in [-0.1, -0.05) is 63.1 Å². The molecule has 0 saturated heterocycles. The summed E-state index contributed by atoms with van der Waals surface area (Å²) in [4.78, 5) is 11.6. The second-order valence-electron chi connectivity index (χ2n) is 6.07. The van der Waals surface area contributed by atoms with Gasteiger partial charge in [-0.3, -0.25) is 4.79 Å². The molecule has 0 aliphatic carbocycles. The Labute approximate surface area is 145 Å². The Balaban J connectivity index is 2.51. The Morgan fingerprint density at radius 1 is 1.04 bits per heavy atom. The number of unbranched alkanes of at least 4 members (excludes halogenated alkanes) is 6. The average molecular weight is 359 g/mol. The van der Waals surface area contributed by atoms with E-state index in [2.05, 4.69) is 6.92 Å². The van der Waals surface area contributed by atoms with Crippen LogP contribution in [0.1, 0.15) is 74.7 Å². The SMILES string of the molecule is CCCCCCCCCS(=O)(=O)Cc1ccc(Cl)cc1C(C)=O. The molecule has 0 bridgehead atoms. The van der Waals surface area contributed by atoms with Gasteiger partial charge in [0.15, 0.2) is 15.6 Å². The molecule has 0 amide bonds. The van der Waals surface area contributed by atoms with Crippen molar-refractivity contribution >= 4 is 27.2 Å². The second-order valence-corrected chi connectivity index (χ2v) is 8.69. The molecule has 1 aromatic rings. The topological polar surface area (TPSA) is 51.2 Å². The number of carbonyl (C=O) groups excluding carboxylic acids is 1. The molecule has 23 heavy (non-hydrogen) atoms. The summed E-state index contributed by atoms with van der Waals surface area (Å²) in [6, 6.07) is 4.82. The summed E-state index contributed by atoms with van der Waals surface area (Å²) in [6.45, 7) is 3.61. The van der Waals surface area contributed by atoms with Gasteiger partial charge in [0.2, 0.25) is 0 Å². The van der Waals surface area contributed by atoms with Crippen LogP contribution in [0.15, 0.2) is 18.2 Å². The highest BCUT2D eigenvalue weighted by molar-refractivity contribution is 7.90. The van der Waals surface area contributed by atoms with Crippen molar-refractivity contribution in [1.82, 2.24) is 0 Å². The minimum atomic E-state index is -3.20. The number of ketones is 1. The number of rotatable bonds is 11. The number of hydrogen-bond donors (Lipinski definition) is 0. The highest BCUT2D eigenvalue weighted by Crippen LogP contribution is 2.20. The lowest BCUT2D eigenvalue weighted by Crippen LogP contribution is -2.12. The lowest BCUT2D eigenvalue weighted by Gasteiger charge is -2.09. The van der Waals surface area contributed by atoms with Crippen molar-refractivity contribution in [2.24, 2.45) is 0 Å². The number of Topliss-reactive ketones (excluding diaryl/α,β-unsaturated/α-hetero) is 1. The lowest BCUT2D eigenvalue weighted by molar-refractivity contribution is 0.101. The third kappa shape index (κ3) is 7.98. The van der Waals surface area contributed by atoms with Crippen molar-refractivity contribution in [2.75, 3.05) is 5.75 Å². The standard InChI is InChI=1S/C18H27ClO3S/c1-3-4-5-6-7-8-9-12-23(21,22)14-16-10-11-17(19)13-18(16)15(2)20/h10-11,13H,3-9,12,14H2,1-2H3. The zero-order chi connectivity index (χ0) is 17.3. The molecule has 0 aliphatic rings. The summed E-state index contributed by atoms with van der Waals surface area (Å²) in [5.74, 6) is -0.0658. The van der Waals surface area contributed by atoms with E-state index < -0.39 is 9.84 Å². The van der Waals surface area contributed by atoms with Crippen LogP contribution in [-0.4, -0.2) is 20.0 Å².